The lowest BCUT2D eigenvalue weighted by Crippen LogP contribution is -2.37. The highest BCUT2D eigenvalue weighted by Gasteiger charge is 2.29. The largest absolute Gasteiger partial charge is 0.376 e. The Morgan fingerprint density at radius 1 is 1.21 bits per heavy atom. The lowest BCUT2D eigenvalue weighted by atomic mass is 10.1. The van der Waals surface area contributed by atoms with Crippen LogP contribution in [0.2, 0.25) is 0 Å². The van der Waals surface area contributed by atoms with Crippen LogP contribution in [0.5, 0.6) is 0 Å². The SMILES string of the molecule is O=C(c1cccc(S(=O)(=O)NC2CC2)c1)N(Cc1cccs1)CC1CCCO1. The Labute approximate surface area is 169 Å². The fourth-order valence-corrected chi connectivity index (χ4v) is 5.38. The summed E-state index contributed by atoms with van der Waals surface area (Å²) < 4.78 is 33.4. The minimum atomic E-state index is -3.59. The van der Waals surface area contributed by atoms with Gasteiger partial charge >= 0.3 is 0 Å². The number of ether oxygens (including phenoxy) is 1. The van der Waals surface area contributed by atoms with Crippen molar-refractivity contribution in [1.29, 1.82) is 0 Å². The third-order valence-corrected chi connectivity index (χ3v) is 7.33. The van der Waals surface area contributed by atoms with Crippen molar-refractivity contribution in [3.8, 4) is 0 Å². The molecule has 1 atom stereocenters. The van der Waals surface area contributed by atoms with Gasteiger partial charge in [0, 0.05) is 29.6 Å². The zero-order valence-corrected chi connectivity index (χ0v) is 17.2. The minimum Gasteiger partial charge on any atom is -0.376 e. The van der Waals surface area contributed by atoms with E-state index in [-0.39, 0.29) is 22.9 Å². The van der Waals surface area contributed by atoms with Crippen LogP contribution in [-0.2, 0) is 21.3 Å². The first-order valence-corrected chi connectivity index (χ1v) is 11.9. The number of rotatable bonds is 8. The number of hydrogen-bond donors (Lipinski definition) is 1. The van der Waals surface area contributed by atoms with Crippen LogP contribution in [0.1, 0.15) is 40.9 Å². The number of nitrogens with one attached hydrogen (secondary N) is 1. The predicted octanol–water partition coefficient (Wildman–Crippen LogP) is 3.01. The number of sulfonamides is 1. The van der Waals surface area contributed by atoms with Gasteiger partial charge in [-0.25, -0.2) is 13.1 Å². The maximum absolute atomic E-state index is 13.2. The van der Waals surface area contributed by atoms with E-state index in [1.807, 2.05) is 17.5 Å². The second-order valence-corrected chi connectivity index (χ2v) is 10.1. The van der Waals surface area contributed by atoms with Crippen molar-refractivity contribution in [3.05, 3.63) is 52.2 Å². The first-order chi connectivity index (χ1) is 13.5. The van der Waals surface area contributed by atoms with Crippen LogP contribution >= 0.6 is 11.3 Å². The number of nitrogens with zero attached hydrogens (tertiary/aromatic N) is 1. The molecule has 4 rings (SSSR count). The van der Waals surface area contributed by atoms with E-state index < -0.39 is 10.0 Å². The van der Waals surface area contributed by atoms with Crippen LogP contribution in [0, 0.1) is 0 Å². The molecule has 1 aromatic heterocycles. The van der Waals surface area contributed by atoms with E-state index in [1.54, 1.807) is 28.4 Å². The Bertz CT molecular complexity index is 917. The number of carbonyl (C=O) groups excluding carboxylic acids is 1. The van der Waals surface area contributed by atoms with Crippen molar-refractivity contribution in [1.82, 2.24) is 9.62 Å². The van der Waals surface area contributed by atoms with E-state index >= 15 is 0 Å². The molecule has 1 saturated carbocycles. The summed E-state index contributed by atoms with van der Waals surface area (Å²) in [5, 5.41) is 1.99. The molecule has 1 aliphatic carbocycles. The number of carbonyl (C=O) groups is 1. The minimum absolute atomic E-state index is 0.0270. The monoisotopic (exact) mass is 420 g/mol. The Morgan fingerprint density at radius 3 is 2.75 bits per heavy atom. The van der Waals surface area contributed by atoms with Crippen LogP contribution in [0.4, 0.5) is 0 Å². The summed E-state index contributed by atoms with van der Waals surface area (Å²) in [5.41, 5.74) is 0.383. The van der Waals surface area contributed by atoms with Crippen LogP contribution in [0.3, 0.4) is 0 Å². The van der Waals surface area contributed by atoms with Gasteiger partial charge in [-0.1, -0.05) is 12.1 Å². The van der Waals surface area contributed by atoms with Gasteiger partial charge in [0.15, 0.2) is 0 Å². The molecular weight excluding hydrogens is 396 g/mol. The molecule has 0 radical (unpaired) electrons. The Hall–Kier alpha value is -1.74. The third-order valence-electron chi connectivity index (χ3n) is 4.95. The quantitative estimate of drug-likeness (QED) is 0.712. The van der Waals surface area contributed by atoms with Gasteiger partial charge in [0.25, 0.3) is 5.91 Å². The number of hydrogen-bond acceptors (Lipinski definition) is 5. The number of thiophene rings is 1. The molecule has 8 heteroatoms. The summed E-state index contributed by atoms with van der Waals surface area (Å²) >= 11 is 1.60. The van der Waals surface area contributed by atoms with Crippen LogP contribution in [0.15, 0.2) is 46.7 Å². The van der Waals surface area contributed by atoms with E-state index in [0.29, 0.717) is 18.7 Å². The topological polar surface area (TPSA) is 75.7 Å². The standard InChI is InChI=1S/C20H24N2O4S2/c23-20(15-4-1-7-19(12-15)28(24,25)21-16-8-9-16)22(13-17-5-2-10-26-17)14-18-6-3-11-27-18/h1,3-4,6-7,11-12,16-17,21H,2,5,8-10,13-14H2. The molecule has 6 nitrogen and oxygen atoms in total. The van der Waals surface area contributed by atoms with E-state index in [9.17, 15) is 13.2 Å². The van der Waals surface area contributed by atoms with Gasteiger partial charge in [0.2, 0.25) is 10.0 Å². The molecule has 1 amide bonds. The van der Waals surface area contributed by atoms with Crippen molar-refractivity contribution in [2.75, 3.05) is 13.2 Å². The molecule has 0 bridgehead atoms. The summed E-state index contributed by atoms with van der Waals surface area (Å²) in [4.78, 5) is 16.2. The van der Waals surface area contributed by atoms with Gasteiger partial charge in [0.05, 0.1) is 17.5 Å². The van der Waals surface area contributed by atoms with Gasteiger partial charge in [-0.3, -0.25) is 4.79 Å². The predicted molar refractivity (Wildman–Crippen MR) is 108 cm³/mol. The van der Waals surface area contributed by atoms with Gasteiger partial charge in [-0.05, 0) is 55.3 Å². The lowest BCUT2D eigenvalue weighted by Gasteiger charge is -2.25. The molecule has 1 aromatic carbocycles. The van der Waals surface area contributed by atoms with Gasteiger partial charge in [0.1, 0.15) is 0 Å². The summed E-state index contributed by atoms with van der Waals surface area (Å²) in [6.45, 7) is 1.73. The molecular formula is C20H24N2O4S2. The second kappa shape index (κ2) is 8.32. The highest BCUT2D eigenvalue weighted by Crippen LogP contribution is 2.24. The van der Waals surface area contributed by atoms with E-state index in [4.69, 9.17) is 4.74 Å². The van der Waals surface area contributed by atoms with Crippen molar-refractivity contribution < 1.29 is 17.9 Å². The zero-order valence-electron chi connectivity index (χ0n) is 15.5. The van der Waals surface area contributed by atoms with Crippen molar-refractivity contribution in [3.63, 3.8) is 0 Å². The van der Waals surface area contributed by atoms with Gasteiger partial charge in [-0.2, -0.15) is 0 Å². The van der Waals surface area contributed by atoms with Crippen molar-refractivity contribution >= 4 is 27.3 Å². The maximum Gasteiger partial charge on any atom is 0.254 e. The van der Waals surface area contributed by atoms with Crippen molar-refractivity contribution in [2.24, 2.45) is 0 Å². The summed E-state index contributed by atoms with van der Waals surface area (Å²) in [6, 6.07) is 10.3. The van der Waals surface area contributed by atoms with Crippen LogP contribution in [-0.4, -0.2) is 44.5 Å². The highest BCUT2D eigenvalue weighted by atomic mass is 32.2. The molecule has 2 aromatic rings. The Balaban J connectivity index is 1.55. The Morgan fingerprint density at radius 2 is 2.07 bits per heavy atom. The fraction of sp³-hybridized carbons (Fsp3) is 0.450. The molecule has 0 spiro atoms. The van der Waals surface area contributed by atoms with Crippen molar-refractivity contribution in [2.45, 2.75) is 49.3 Å². The average molecular weight is 421 g/mol. The molecule has 1 saturated heterocycles. The fourth-order valence-electron chi connectivity index (χ4n) is 3.31. The number of amides is 1. The Kier molecular flexibility index (Phi) is 5.82. The molecule has 2 fully saturated rings. The maximum atomic E-state index is 13.2. The molecule has 1 N–H and O–H groups in total. The highest BCUT2D eigenvalue weighted by molar-refractivity contribution is 7.89. The van der Waals surface area contributed by atoms with Gasteiger partial charge in [-0.15, -0.1) is 11.3 Å². The van der Waals surface area contributed by atoms with Crippen LogP contribution in [0.25, 0.3) is 0 Å². The van der Waals surface area contributed by atoms with E-state index in [0.717, 1.165) is 37.2 Å². The lowest BCUT2D eigenvalue weighted by molar-refractivity contribution is 0.0509. The summed E-state index contributed by atoms with van der Waals surface area (Å²) in [6.07, 6.45) is 3.72. The molecule has 1 unspecified atom stereocenters. The summed E-state index contributed by atoms with van der Waals surface area (Å²) in [7, 11) is -3.59. The molecule has 1 aliphatic heterocycles. The summed E-state index contributed by atoms with van der Waals surface area (Å²) in [5.74, 6) is -0.174. The first kappa shape index (κ1) is 19.6. The smallest absolute Gasteiger partial charge is 0.254 e. The van der Waals surface area contributed by atoms with E-state index in [2.05, 4.69) is 4.72 Å². The molecule has 2 aliphatic rings. The van der Waals surface area contributed by atoms with Crippen LogP contribution < -0.4 is 4.72 Å². The molecule has 150 valence electrons. The molecule has 28 heavy (non-hydrogen) atoms. The zero-order chi connectivity index (χ0) is 19.6. The van der Waals surface area contributed by atoms with Gasteiger partial charge < -0.3 is 9.64 Å². The first-order valence-electron chi connectivity index (χ1n) is 9.57. The number of benzene rings is 1. The average Bonchev–Trinajstić information content (AvgIpc) is 3.13. The normalized spacial score (nSPS) is 19.6. The van der Waals surface area contributed by atoms with E-state index in [1.165, 1.54) is 12.1 Å². The second-order valence-electron chi connectivity index (χ2n) is 7.32. The molecule has 2 heterocycles. The third kappa shape index (κ3) is 4.81.